The molecule has 0 radical (unpaired) electrons. The Hall–Kier alpha value is -5.00. The third-order valence-electron chi connectivity index (χ3n) is 6.08. The Kier molecular flexibility index (Phi) is 10.5. The Labute approximate surface area is 230 Å². The van der Waals surface area contributed by atoms with Gasteiger partial charge in [0.25, 0.3) is 0 Å². The lowest BCUT2D eigenvalue weighted by molar-refractivity contribution is -0.138. The number of amides is 4. The highest BCUT2D eigenvalue weighted by molar-refractivity contribution is 5.92. The average molecular weight is 550 g/mol. The summed E-state index contributed by atoms with van der Waals surface area (Å²) in [4.78, 5) is 59.1. The maximum absolute atomic E-state index is 12.7. The molecule has 12 nitrogen and oxygen atoms in total. The molecule has 3 aromatic rings. The molecule has 0 saturated heterocycles. The van der Waals surface area contributed by atoms with E-state index in [-0.39, 0.29) is 32.1 Å². The van der Waals surface area contributed by atoms with Crippen LogP contribution in [0.15, 0.2) is 65.2 Å². The summed E-state index contributed by atoms with van der Waals surface area (Å²) in [6.45, 7) is 0. The predicted molar refractivity (Wildman–Crippen MR) is 144 cm³/mol. The standard InChI is InChI=1S/C28H31N5O7/c29-24(34)13-11-21(27(30)38)32-28(39)22(12-15-26(36)37)31-25(35)14-10-20-16-23(33-40-20)19-8-6-18(7-9-19)17-4-2-1-3-5-17/h1-9,16,21-22H,10-15H2,(H2,29,34)(H2,30,38)(H,31,35)(H,32,39)(H,36,37). The van der Waals surface area contributed by atoms with Crippen molar-refractivity contribution in [3.8, 4) is 22.4 Å². The van der Waals surface area contributed by atoms with E-state index in [4.69, 9.17) is 21.1 Å². The number of hydrogen-bond acceptors (Lipinski definition) is 7. The Morgan fingerprint density at radius 2 is 1.43 bits per heavy atom. The molecule has 2 aromatic carbocycles. The Morgan fingerprint density at radius 3 is 2.05 bits per heavy atom. The Balaban J connectivity index is 1.58. The van der Waals surface area contributed by atoms with Gasteiger partial charge in [0.1, 0.15) is 23.5 Å². The highest BCUT2D eigenvalue weighted by Crippen LogP contribution is 2.25. The number of carboxylic acid groups (broad SMARTS) is 1. The van der Waals surface area contributed by atoms with E-state index in [0.29, 0.717) is 11.5 Å². The van der Waals surface area contributed by atoms with Crippen LogP contribution in [-0.2, 0) is 30.4 Å². The van der Waals surface area contributed by atoms with E-state index in [0.717, 1.165) is 16.7 Å². The third-order valence-corrected chi connectivity index (χ3v) is 6.08. The summed E-state index contributed by atoms with van der Waals surface area (Å²) >= 11 is 0. The van der Waals surface area contributed by atoms with E-state index in [1.54, 1.807) is 6.07 Å². The first-order valence-corrected chi connectivity index (χ1v) is 12.6. The molecule has 0 aliphatic rings. The summed E-state index contributed by atoms with van der Waals surface area (Å²) in [5, 5.41) is 17.9. The number of aromatic nitrogens is 1. The van der Waals surface area contributed by atoms with Crippen LogP contribution < -0.4 is 22.1 Å². The molecular weight excluding hydrogens is 518 g/mol. The maximum Gasteiger partial charge on any atom is 0.303 e. The highest BCUT2D eigenvalue weighted by Gasteiger charge is 2.26. The van der Waals surface area contributed by atoms with Crippen LogP contribution in [0.4, 0.5) is 0 Å². The molecule has 0 aliphatic carbocycles. The van der Waals surface area contributed by atoms with Crippen molar-refractivity contribution in [3.05, 3.63) is 66.4 Å². The maximum atomic E-state index is 12.7. The smallest absolute Gasteiger partial charge is 0.303 e. The average Bonchev–Trinajstić information content (AvgIpc) is 3.41. The topological polar surface area (TPSA) is 208 Å². The molecule has 0 aliphatic heterocycles. The number of hydrogen-bond donors (Lipinski definition) is 5. The SMILES string of the molecule is NC(=O)CCC(NC(=O)C(CCC(=O)O)NC(=O)CCc1cc(-c2ccc(-c3ccccc3)cc2)no1)C(N)=O. The zero-order valence-electron chi connectivity index (χ0n) is 21.7. The van der Waals surface area contributed by atoms with Crippen molar-refractivity contribution in [2.24, 2.45) is 11.5 Å². The van der Waals surface area contributed by atoms with Gasteiger partial charge in [-0.2, -0.15) is 0 Å². The van der Waals surface area contributed by atoms with E-state index in [1.165, 1.54) is 0 Å². The lowest BCUT2D eigenvalue weighted by atomic mass is 10.0. The van der Waals surface area contributed by atoms with Crippen LogP contribution in [0, 0.1) is 0 Å². The molecular formula is C28H31N5O7. The van der Waals surface area contributed by atoms with E-state index in [9.17, 15) is 24.0 Å². The molecule has 3 rings (SSSR count). The van der Waals surface area contributed by atoms with Crippen LogP contribution in [0.5, 0.6) is 0 Å². The van der Waals surface area contributed by atoms with Gasteiger partial charge in [-0.05, 0) is 24.0 Å². The van der Waals surface area contributed by atoms with Gasteiger partial charge in [0, 0.05) is 37.3 Å². The van der Waals surface area contributed by atoms with Crippen LogP contribution in [0.25, 0.3) is 22.4 Å². The van der Waals surface area contributed by atoms with E-state index < -0.39 is 48.1 Å². The number of nitrogens with one attached hydrogen (secondary N) is 2. The van der Waals surface area contributed by atoms with Crippen LogP contribution in [0.1, 0.15) is 37.9 Å². The van der Waals surface area contributed by atoms with Crippen molar-refractivity contribution in [2.75, 3.05) is 0 Å². The summed E-state index contributed by atoms with van der Waals surface area (Å²) in [6, 6.07) is 17.0. The second kappa shape index (κ2) is 14.2. The Bertz CT molecular complexity index is 1340. The molecule has 0 bridgehead atoms. The first-order chi connectivity index (χ1) is 19.1. The normalized spacial score (nSPS) is 12.2. The summed E-state index contributed by atoms with van der Waals surface area (Å²) < 4.78 is 5.36. The zero-order valence-corrected chi connectivity index (χ0v) is 21.7. The fraction of sp³-hybridized carbons (Fsp3) is 0.286. The zero-order chi connectivity index (χ0) is 29.1. The molecule has 2 unspecified atom stereocenters. The number of primary amides is 2. The second-order valence-electron chi connectivity index (χ2n) is 9.14. The number of carbonyl (C=O) groups excluding carboxylic acids is 4. The lowest BCUT2D eigenvalue weighted by Gasteiger charge is -2.21. The molecule has 40 heavy (non-hydrogen) atoms. The van der Waals surface area contributed by atoms with Crippen LogP contribution in [0.2, 0.25) is 0 Å². The number of aryl methyl sites for hydroxylation is 1. The van der Waals surface area contributed by atoms with Gasteiger partial charge in [0.2, 0.25) is 23.6 Å². The van der Waals surface area contributed by atoms with Crippen molar-refractivity contribution in [2.45, 2.75) is 50.6 Å². The number of nitrogens with two attached hydrogens (primary N) is 2. The predicted octanol–water partition coefficient (Wildman–Crippen LogP) is 1.53. The minimum Gasteiger partial charge on any atom is -0.481 e. The molecule has 4 amide bonds. The molecule has 12 heteroatoms. The molecule has 0 spiro atoms. The van der Waals surface area contributed by atoms with Crippen LogP contribution in [-0.4, -0.2) is 51.9 Å². The summed E-state index contributed by atoms with van der Waals surface area (Å²) in [5.41, 5.74) is 13.9. The van der Waals surface area contributed by atoms with Crippen molar-refractivity contribution >= 4 is 29.6 Å². The van der Waals surface area contributed by atoms with E-state index in [1.807, 2.05) is 54.6 Å². The molecule has 0 fully saturated rings. The van der Waals surface area contributed by atoms with E-state index >= 15 is 0 Å². The summed E-state index contributed by atoms with van der Waals surface area (Å²) in [5.74, 6) is -3.64. The van der Waals surface area contributed by atoms with Gasteiger partial charge in [-0.15, -0.1) is 0 Å². The molecule has 1 aromatic heterocycles. The summed E-state index contributed by atoms with van der Waals surface area (Å²) in [6.07, 6.45) is -0.847. The van der Waals surface area contributed by atoms with Gasteiger partial charge in [-0.1, -0.05) is 59.8 Å². The number of carboxylic acids is 1. The molecule has 210 valence electrons. The number of benzene rings is 2. The lowest BCUT2D eigenvalue weighted by Crippen LogP contribution is -2.53. The van der Waals surface area contributed by atoms with Crippen molar-refractivity contribution in [3.63, 3.8) is 0 Å². The number of nitrogens with zero attached hydrogens (tertiary/aromatic N) is 1. The first-order valence-electron chi connectivity index (χ1n) is 12.6. The fourth-order valence-electron chi connectivity index (χ4n) is 3.92. The third kappa shape index (κ3) is 9.08. The largest absolute Gasteiger partial charge is 0.481 e. The molecule has 2 atom stereocenters. The van der Waals surface area contributed by atoms with Crippen molar-refractivity contribution < 1.29 is 33.6 Å². The van der Waals surface area contributed by atoms with Gasteiger partial charge in [0.15, 0.2) is 0 Å². The fourth-order valence-corrected chi connectivity index (χ4v) is 3.92. The number of rotatable bonds is 15. The summed E-state index contributed by atoms with van der Waals surface area (Å²) in [7, 11) is 0. The molecule has 7 N–H and O–H groups in total. The number of carbonyl (C=O) groups is 5. The van der Waals surface area contributed by atoms with Gasteiger partial charge >= 0.3 is 5.97 Å². The van der Waals surface area contributed by atoms with Crippen molar-refractivity contribution in [1.29, 1.82) is 0 Å². The van der Waals surface area contributed by atoms with Gasteiger partial charge < -0.3 is 31.7 Å². The highest BCUT2D eigenvalue weighted by atomic mass is 16.5. The van der Waals surface area contributed by atoms with Crippen molar-refractivity contribution in [1.82, 2.24) is 15.8 Å². The van der Waals surface area contributed by atoms with Gasteiger partial charge in [0.05, 0.1) is 0 Å². The Morgan fingerprint density at radius 1 is 0.800 bits per heavy atom. The monoisotopic (exact) mass is 549 g/mol. The molecule has 1 heterocycles. The quantitative estimate of drug-likeness (QED) is 0.187. The number of aliphatic carboxylic acids is 1. The minimum atomic E-state index is -1.24. The van der Waals surface area contributed by atoms with Gasteiger partial charge in [-0.3, -0.25) is 24.0 Å². The second-order valence-corrected chi connectivity index (χ2v) is 9.14. The van der Waals surface area contributed by atoms with E-state index in [2.05, 4.69) is 15.8 Å². The first kappa shape index (κ1) is 29.6. The minimum absolute atomic E-state index is 0.0701. The molecule has 0 saturated carbocycles. The van der Waals surface area contributed by atoms with Crippen LogP contribution in [0.3, 0.4) is 0 Å². The van der Waals surface area contributed by atoms with Gasteiger partial charge in [-0.25, -0.2) is 0 Å². The van der Waals surface area contributed by atoms with Crippen LogP contribution >= 0.6 is 0 Å².